The Kier molecular flexibility index (Phi) is 16.1. The van der Waals surface area contributed by atoms with Crippen molar-refractivity contribution in [1.29, 1.82) is 0 Å². The minimum absolute atomic E-state index is 1.07. The number of fused-ring (bicyclic) bond motifs is 2. The predicted octanol–water partition coefficient (Wildman–Crippen LogP) is 9.41. The van der Waals surface area contributed by atoms with Gasteiger partial charge in [0, 0.05) is 25.9 Å². The summed E-state index contributed by atoms with van der Waals surface area (Å²) in [6.45, 7) is 26.1. The van der Waals surface area contributed by atoms with Crippen molar-refractivity contribution in [3.8, 4) is 0 Å². The van der Waals surface area contributed by atoms with Gasteiger partial charge in [-0.05, 0) is 65.8 Å². The summed E-state index contributed by atoms with van der Waals surface area (Å²) in [5, 5.41) is 0. The Balaban J connectivity index is 0.000000837. The molecule has 4 nitrogen and oxygen atoms in total. The third-order valence-electron chi connectivity index (χ3n) is 8.98. The van der Waals surface area contributed by atoms with Gasteiger partial charge < -0.3 is 53.3 Å². The predicted molar refractivity (Wildman–Crippen MR) is 170 cm³/mol. The van der Waals surface area contributed by atoms with E-state index in [9.17, 15) is 34.5 Å². The van der Waals surface area contributed by atoms with E-state index < -0.39 is 14.5 Å². The summed E-state index contributed by atoms with van der Waals surface area (Å²) < 4.78 is 80.4. The highest BCUT2D eigenvalue weighted by molar-refractivity contribution is 6.50. The standard InChI is InChI=1S/C30H50N4.2BF4/c1-7-33(8-2,9-3)25-17-23-31-27-19-13-15-21-29(27)32(30-22-16-14-20-28(30)31)24-18-26-34(10-4,11-5)12-6;2*2-1(3,4)5/h13-16,19-22H,7-12,17-18,23-26H2,1-6H3;;/q+2;2*-1. The topological polar surface area (TPSA) is 6.48 Å². The van der Waals surface area contributed by atoms with E-state index >= 15 is 0 Å². The van der Waals surface area contributed by atoms with E-state index in [0.717, 1.165) is 13.1 Å². The van der Waals surface area contributed by atoms with Gasteiger partial charge in [-0.2, -0.15) is 0 Å². The molecule has 0 spiro atoms. The fourth-order valence-electron chi connectivity index (χ4n) is 6.00. The zero-order valence-corrected chi connectivity index (χ0v) is 27.1. The molecule has 0 bridgehead atoms. The highest BCUT2D eigenvalue weighted by Gasteiger charge is 2.30. The van der Waals surface area contributed by atoms with E-state index in [1.165, 1.54) is 96.9 Å². The molecule has 14 heteroatoms. The molecule has 2 aromatic carbocycles. The van der Waals surface area contributed by atoms with Gasteiger partial charge in [0.2, 0.25) is 0 Å². The number of hydrogen-bond acceptors (Lipinski definition) is 2. The molecule has 0 amide bonds. The van der Waals surface area contributed by atoms with Gasteiger partial charge in [0.05, 0.1) is 75.1 Å². The monoisotopic (exact) mass is 640 g/mol. The average molecular weight is 640 g/mol. The first-order valence-electron chi connectivity index (χ1n) is 15.7. The van der Waals surface area contributed by atoms with Crippen molar-refractivity contribution < 1.29 is 43.5 Å². The van der Waals surface area contributed by atoms with Crippen LogP contribution in [0, 0.1) is 0 Å². The van der Waals surface area contributed by atoms with Crippen LogP contribution in [0.4, 0.5) is 57.3 Å². The summed E-state index contributed by atoms with van der Waals surface area (Å²) >= 11 is 0. The van der Waals surface area contributed by atoms with Crippen LogP contribution in [0.3, 0.4) is 0 Å². The van der Waals surface area contributed by atoms with E-state index in [1.807, 2.05) is 0 Å². The van der Waals surface area contributed by atoms with Gasteiger partial charge in [0.25, 0.3) is 0 Å². The van der Waals surface area contributed by atoms with E-state index in [2.05, 4.69) is 99.9 Å². The molecule has 44 heavy (non-hydrogen) atoms. The Hall–Kier alpha value is -2.47. The second-order valence-electron chi connectivity index (χ2n) is 11.0. The fourth-order valence-corrected chi connectivity index (χ4v) is 6.00. The Labute approximate surface area is 259 Å². The van der Waals surface area contributed by atoms with E-state index in [1.54, 1.807) is 0 Å². The summed E-state index contributed by atoms with van der Waals surface area (Å²) in [6.07, 6.45) is 2.42. The van der Waals surface area contributed by atoms with Crippen molar-refractivity contribution in [2.45, 2.75) is 54.4 Å². The number of nitrogens with zero attached hydrogens (tertiary/aromatic N) is 4. The third kappa shape index (κ3) is 12.9. The summed E-state index contributed by atoms with van der Waals surface area (Å²) in [6, 6.07) is 18.1. The van der Waals surface area contributed by atoms with Crippen molar-refractivity contribution in [3.05, 3.63) is 48.5 Å². The van der Waals surface area contributed by atoms with Crippen LogP contribution in [-0.4, -0.2) is 88.9 Å². The van der Waals surface area contributed by atoms with Gasteiger partial charge in [-0.1, -0.05) is 24.3 Å². The lowest BCUT2D eigenvalue weighted by Gasteiger charge is -2.42. The van der Waals surface area contributed by atoms with Crippen molar-refractivity contribution in [2.24, 2.45) is 0 Å². The molecule has 3 rings (SSSR count). The van der Waals surface area contributed by atoms with Gasteiger partial charge in [-0.15, -0.1) is 0 Å². The van der Waals surface area contributed by atoms with E-state index in [0.29, 0.717) is 0 Å². The number of hydrogen-bond donors (Lipinski definition) is 0. The van der Waals surface area contributed by atoms with Crippen LogP contribution in [0.15, 0.2) is 48.5 Å². The molecular formula is C30H50B2F8N4. The van der Waals surface area contributed by atoms with Crippen molar-refractivity contribution >= 4 is 37.3 Å². The number of halogens is 8. The maximum Gasteiger partial charge on any atom is 0.673 e. The third-order valence-corrected chi connectivity index (χ3v) is 8.98. The van der Waals surface area contributed by atoms with Crippen molar-refractivity contribution in [1.82, 2.24) is 0 Å². The van der Waals surface area contributed by atoms with Gasteiger partial charge >= 0.3 is 14.5 Å². The Bertz CT molecular complexity index is 933. The minimum Gasteiger partial charge on any atom is -0.418 e. The summed E-state index contributed by atoms with van der Waals surface area (Å²) in [7, 11) is -12.0. The maximum absolute atomic E-state index is 9.75. The zero-order chi connectivity index (χ0) is 33.6. The SMILES string of the molecule is CC[N+](CC)(CC)CCCN1c2ccccc2N(CCC[N+](CC)(CC)CC)c2ccccc21.F[B-](F)(F)F.F[B-](F)(F)F. The molecule has 0 aliphatic carbocycles. The summed E-state index contributed by atoms with van der Waals surface area (Å²) in [5.41, 5.74) is 5.47. The van der Waals surface area contributed by atoms with E-state index in [-0.39, 0.29) is 0 Å². The molecule has 0 atom stereocenters. The molecule has 0 saturated carbocycles. The van der Waals surface area contributed by atoms with Gasteiger partial charge in [-0.3, -0.25) is 0 Å². The average Bonchev–Trinajstić information content (AvgIpc) is 2.97. The number of para-hydroxylation sites is 4. The van der Waals surface area contributed by atoms with Gasteiger partial charge in [-0.25, -0.2) is 0 Å². The molecule has 0 aromatic heterocycles. The Morgan fingerprint density at radius 3 is 0.841 bits per heavy atom. The van der Waals surface area contributed by atoms with Gasteiger partial charge in [0.15, 0.2) is 0 Å². The highest BCUT2D eigenvalue weighted by atomic mass is 19.5. The van der Waals surface area contributed by atoms with Crippen LogP contribution in [0.25, 0.3) is 0 Å². The van der Waals surface area contributed by atoms with Crippen LogP contribution in [0.2, 0.25) is 0 Å². The molecule has 0 radical (unpaired) electrons. The van der Waals surface area contributed by atoms with Gasteiger partial charge in [0.1, 0.15) is 0 Å². The number of anilines is 4. The quantitative estimate of drug-likeness (QED) is 0.115. The molecule has 252 valence electrons. The first kappa shape index (κ1) is 39.6. The van der Waals surface area contributed by atoms with Crippen LogP contribution in [0.5, 0.6) is 0 Å². The second-order valence-corrected chi connectivity index (χ2v) is 11.0. The molecule has 0 unspecified atom stereocenters. The number of rotatable bonds is 14. The molecule has 1 aliphatic rings. The lowest BCUT2D eigenvalue weighted by atomic mass is 10.1. The van der Waals surface area contributed by atoms with Crippen LogP contribution < -0.4 is 9.80 Å². The highest BCUT2D eigenvalue weighted by Crippen LogP contribution is 2.47. The van der Waals surface area contributed by atoms with Crippen LogP contribution in [0.1, 0.15) is 54.4 Å². The molecule has 0 fully saturated rings. The summed E-state index contributed by atoms with van der Waals surface area (Å²) in [4.78, 5) is 5.17. The van der Waals surface area contributed by atoms with Crippen LogP contribution in [-0.2, 0) is 0 Å². The Morgan fingerprint density at radius 2 is 0.659 bits per heavy atom. The largest absolute Gasteiger partial charge is 0.673 e. The zero-order valence-electron chi connectivity index (χ0n) is 27.1. The smallest absolute Gasteiger partial charge is 0.418 e. The first-order chi connectivity index (χ1) is 20.5. The summed E-state index contributed by atoms with van der Waals surface area (Å²) in [5.74, 6) is 0. The lowest BCUT2D eigenvalue weighted by Crippen LogP contribution is -2.49. The molecular weight excluding hydrogens is 590 g/mol. The van der Waals surface area contributed by atoms with E-state index in [4.69, 9.17) is 0 Å². The molecule has 0 saturated heterocycles. The normalized spacial score (nSPS) is 13.3. The first-order valence-corrected chi connectivity index (χ1v) is 15.7. The number of quaternary nitrogens is 2. The second kappa shape index (κ2) is 17.9. The lowest BCUT2D eigenvalue weighted by molar-refractivity contribution is -0.923. The van der Waals surface area contributed by atoms with Crippen molar-refractivity contribution in [3.63, 3.8) is 0 Å². The molecule has 1 heterocycles. The molecule has 0 N–H and O–H groups in total. The fraction of sp³-hybridized carbons (Fsp3) is 0.600. The molecule has 1 aliphatic heterocycles. The molecule has 2 aromatic rings. The minimum atomic E-state index is -6.00. The van der Waals surface area contributed by atoms with Crippen LogP contribution >= 0.6 is 0 Å². The van der Waals surface area contributed by atoms with Crippen molar-refractivity contribution in [2.75, 3.05) is 75.2 Å². The maximum atomic E-state index is 9.75. The Morgan fingerprint density at radius 1 is 0.455 bits per heavy atom. The number of benzene rings is 2.